The number of hydrogen-bond donors (Lipinski definition) is 2. The zero-order valence-electron chi connectivity index (χ0n) is 10.5. The third-order valence-corrected chi connectivity index (χ3v) is 2.71. The van der Waals surface area contributed by atoms with E-state index in [1.165, 1.54) is 0 Å². The van der Waals surface area contributed by atoms with Crippen molar-refractivity contribution in [3.63, 3.8) is 0 Å². The van der Waals surface area contributed by atoms with Crippen LogP contribution in [0.5, 0.6) is 5.88 Å². The van der Waals surface area contributed by atoms with Gasteiger partial charge >= 0.3 is 0 Å². The van der Waals surface area contributed by atoms with Crippen molar-refractivity contribution in [2.75, 3.05) is 0 Å². The van der Waals surface area contributed by atoms with Gasteiger partial charge in [0.15, 0.2) is 0 Å². The first-order valence-electron chi connectivity index (χ1n) is 6.00. The number of nitrogens with one attached hydrogen (secondary N) is 1. The maximum atomic E-state index is 11.7. The lowest BCUT2D eigenvalue weighted by molar-refractivity contribution is 0.444. The van der Waals surface area contributed by atoms with E-state index in [9.17, 15) is 9.90 Å². The summed E-state index contributed by atoms with van der Waals surface area (Å²) in [6.07, 6.45) is 4.85. The Morgan fingerprint density at radius 2 is 2.22 bits per heavy atom. The maximum absolute atomic E-state index is 11.7. The van der Waals surface area contributed by atoms with Crippen LogP contribution in [0.15, 0.2) is 17.2 Å². The van der Waals surface area contributed by atoms with Crippen molar-refractivity contribution in [2.24, 2.45) is 0 Å². The fourth-order valence-electron chi connectivity index (χ4n) is 1.78. The molecule has 0 aromatic carbocycles. The van der Waals surface area contributed by atoms with Crippen LogP contribution >= 0.6 is 0 Å². The topological polar surface area (TPSA) is 83.8 Å². The molecule has 0 atom stereocenters. The van der Waals surface area contributed by atoms with Gasteiger partial charge in [-0.3, -0.25) is 9.48 Å². The molecule has 18 heavy (non-hydrogen) atoms. The summed E-state index contributed by atoms with van der Waals surface area (Å²) in [5, 5.41) is 13.8. The van der Waals surface area contributed by atoms with Crippen molar-refractivity contribution >= 4 is 0 Å². The van der Waals surface area contributed by atoms with Gasteiger partial charge in [-0.1, -0.05) is 13.8 Å². The molecule has 6 nitrogen and oxygen atoms in total. The fraction of sp³-hybridized carbons (Fsp3) is 0.417. The van der Waals surface area contributed by atoms with Crippen LogP contribution in [0.2, 0.25) is 0 Å². The molecule has 0 bridgehead atoms. The second kappa shape index (κ2) is 5.03. The Bertz CT molecular complexity index is 600. The molecule has 2 aromatic heterocycles. The van der Waals surface area contributed by atoms with Gasteiger partial charge in [-0.05, 0) is 12.8 Å². The summed E-state index contributed by atoms with van der Waals surface area (Å²) >= 11 is 0. The van der Waals surface area contributed by atoms with Gasteiger partial charge in [0, 0.05) is 12.7 Å². The molecule has 2 N–H and O–H groups in total. The molecule has 0 saturated heterocycles. The summed E-state index contributed by atoms with van der Waals surface area (Å²) in [5.41, 5.74) is 0.696. The lowest BCUT2D eigenvalue weighted by atomic mass is 10.2. The van der Waals surface area contributed by atoms with Gasteiger partial charge in [-0.25, -0.2) is 0 Å². The Hall–Kier alpha value is -2.11. The van der Waals surface area contributed by atoms with E-state index in [4.69, 9.17) is 0 Å². The molecule has 0 radical (unpaired) electrons. The molecule has 2 aromatic rings. The first kappa shape index (κ1) is 12.3. The highest BCUT2D eigenvalue weighted by Crippen LogP contribution is 2.17. The van der Waals surface area contributed by atoms with Gasteiger partial charge < -0.3 is 10.1 Å². The van der Waals surface area contributed by atoms with Crippen LogP contribution in [-0.4, -0.2) is 24.9 Å². The van der Waals surface area contributed by atoms with Gasteiger partial charge in [0.05, 0.1) is 17.3 Å². The van der Waals surface area contributed by atoms with Crippen LogP contribution in [0.1, 0.15) is 25.8 Å². The first-order chi connectivity index (χ1) is 8.65. The molecule has 0 fully saturated rings. The zero-order chi connectivity index (χ0) is 13.1. The van der Waals surface area contributed by atoms with E-state index >= 15 is 0 Å². The zero-order valence-corrected chi connectivity index (χ0v) is 10.5. The van der Waals surface area contributed by atoms with E-state index < -0.39 is 0 Å². The molecule has 2 heterocycles. The third-order valence-electron chi connectivity index (χ3n) is 2.71. The quantitative estimate of drug-likeness (QED) is 0.854. The lowest BCUT2D eigenvalue weighted by Crippen LogP contribution is -2.14. The highest BCUT2D eigenvalue weighted by molar-refractivity contribution is 5.53. The minimum atomic E-state index is -0.303. The number of aromatic amines is 1. The molecule has 0 unspecified atom stereocenters. The third kappa shape index (κ3) is 2.27. The largest absolute Gasteiger partial charge is 0.493 e. The highest BCUT2D eigenvalue weighted by atomic mass is 16.3. The summed E-state index contributed by atoms with van der Waals surface area (Å²) in [6, 6.07) is 0. The van der Waals surface area contributed by atoms with Crippen LogP contribution in [-0.2, 0) is 13.0 Å². The molecule has 0 aliphatic heterocycles. The molecule has 96 valence electrons. The van der Waals surface area contributed by atoms with Crippen molar-refractivity contribution in [1.82, 2.24) is 19.7 Å². The van der Waals surface area contributed by atoms with Crippen LogP contribution in [0.25, 0.3) is 11.4 Å². The first-order valence-corrected chi connectivity index (χ1v) is 6.00. The van der Waals surface area contributed by atoms with Gasteiger partial charge in [0.25, 0.3) is 5.56 Å². The summed E-state index contributed by atoms with van der Waals surface area (Å²) in [5.74, 6) is 0.136. The lowest BCUT2D eigenvalue weighted by Gasteiger charge is -2.02. The van der Waals surface area contributed by atoms with E-state index in [0.717, 1.165) is 13.0 Å². The standard InChI is InChI=1S/C12H16N4O2/c1-3-5-16-7-8(6-13-16)10-14-11(17)9(4-2)12(18)15-10/h6-7H,3-5H2,1-2H3,(H2,14,15,17,18). The van der Waals surface area contributed by atoms with Crippen molar-refractivity contribution in [1.29, 1.82) is 0 Å². The monoisotopic (exact) mass is 248 g/mol. The Morgan fingerprint density at radius 3 is 2.83 bits per heavy atom. The Labute approximate surface area is 104 Å². The molecule has 0 saturated carbocycles. The minimum Gasteiger partial charge on any atom is -0.493 e. The Morgan fingerprint density at radius 1 is 1.44 bits per heavy atom. The Balaban J connectivity index is 2.41. The fourth-order valence-corrected chi connectivity index (χ4v) is 1.78. The van der Waals surface area contributed by atoms with Crippen LogP contribution in [0.3, 0.4) is 0 Å². The SMILES string of the molecule is CCCn1cc(-c2nc(O)c(CC)c(=O)[nH]2)cn1. The van der Waals surface area contributed by atoms with Crippen LogP contribution in [0.4, 0.5) is 0 Å². The van der Waals surface area contributed by atoms with E-state index in [1.807, 2.05) is 0 Å². The number of aryl methyl sites for hydroxylation is 1. The van der Waals surface area contributed by atoms with Crippen molar-refractivity contribution in [3.8, 4) is 17.3 Å². The molecule has 0 aliphatic rings. The molecule has 0 amide bonds. The molecule has 0 spiro atoms. The summed E-state index contributed by atoms with van der Waals surface area (Å²) < 4.78 is 1.78. The number of aromatic nitrogens is 4. The highest BCUT2D eigenvalue weighted by Gasteiger charge is 2.11. The number of aromatic hydroxyl groups is 1. The van der Waals surface area contributed by atoms with Crippen molar-refractivity contribution in [2.45, 2.75) is 33.2 Å². The molecule has 0 aliphatic carbocycles. The maximum Gasteiger partial charge on any atom is 0.258 e. The molecular weight excluding hydrogens is 232 g/mol. The van der Waals surface area contributed by atoms with E-state index in [0.29, 0.717) is 23.4 Å². The van der Waals surface area contributed by atoms with E-state index in [2.05, 4.69) is 22.0 Å². The van der Waals surface area contributed by atoms with Crippen LogP contribution in [0, 0.1) is 0 Å². The second-order valence-corrected chi connectivity index (χ2v) is 4.06. The second-order valence-electron chi connectivity index (χ2n) is 4.06. The smallest absolute Gasteiger partial charge is 0.258 e. The predicted octanol–water partition coefficient (Wildman–Crippen LogP) is 1.31. The van der Waals surface area contributed by atoms with Gasteiger partial charge in [0.2, 0.25) is 5.88 Å². The summed E-state index contributed by atoms with van der Waals surface area (Å²) in [7, 11) is 0. The van der Waals surface area contributed by atoms with Crippen molar-refractivity contribution in [3.05, 3.63) is 28.3 Å². The summed E-state index contributed by atoms with van der Waals surface area (Å²) in [4.78, 5) is 18.4. The summed E-state index contributed by atoms with van der Waals surface area (Å²) in [6.45, 7) is 4.66. The average molecular weight is 248 g/mol. The number of hydrogen-bond acceptors (Lipinski definition) is 4. The minimum absolute atomic E-state index is 0.209. The van der Waals surface area contributed by atoms with Gasteiger partial charge in [-0.2, -0.15) is 10.1 Å². The van der Waals surface area contributed by atoms with Crippen molar-refractivity contribution < 1.29 is 5.11 Å². The molecule has 6 heteroatoms. The van der Waals surface area contributed by atoms with E-state index in [-0.39, 0.29) is 11.4 Å². The Kier molecular flexibility index (Phi) is 3.45. The molecular formula is C12H16N4O2. The van der Waals surface area contributed by atoms with Crippen LogP contribution < -0.4 is 5.56 Å². The molecule has 2 rings (SSSR count). The number of rotatable bonds is 4. The predicted molar refractivity (Wildman–Crippen MR) is 67.4 cm³/mol. The van der Waals surface area contributed by atoms with E-state index in [1.54, 1.807) is 24.0 Å². The van der Waals surface area contributed by atoms with Gasteiger partial charge in [0.1, 0.15) is 5.82 Å². The average Bonchev–Trinajstić information content (AvgIpc) is 2.78. The number of H-pyrrole nitrogens is 1. The van der Waals surface area contributed by atoms with Gasteiger partial charge in [-0.15, -0.1) is 0 Å². The number of nitrogens with zero attached hydrogens (tertiary/aromatic N) is 3. The normalized spacial score (nSPS) is 10.8.